The molecule has 0 atom stereocenters. The fraction of sp³-hybridized carbons (Fsp3) is 0.318. The van der Waals surface area contributed by atoms with E-state index < -0.39 is 0 Å². The van der Waals surface area contributed by atoms with Crippen LogP contribution in [0.25, 0.3) is 0 Å². The van der Waals surface area contributed by atoms with Crippen molar-refractivity contribution < 1.29 is 4.79 Å². The molecule has 2 aromatic rings. The highest BCUT2D eigenvalue weighted by atomic mass is 16.1. The van der Waals surface area contributed by atoms with Gasteiger partial charge in [-0.05, 0) is 24.0 Å². The Morgan fingerprint density at radius 1 is 0.778 bits per heavy atom. The Morgan fingerprint density at radius 2 is 1.30 bits per heavy atom. The van der Waals surface area contributed by atoms with Gasteiger partial charge in [0.05, 0.1) is 18.8 Å². The molecule has 5 nitrogen and oxygen atoms in total. The molecule has 0 saturated heterocycles. The molecule has 0 bridgehead atoms. The predicted octanol–water partition coefficient (Wildman–Crippen LogP) is 3.72. The molecule has 1 fully saturated rings. The summed E-state index contributed by atoms with van der Waals surface area (Å²) in [6, 6.07) is 20.3. The fourth-order valence-corrected chi connectivity index (χ4v) is 3.17. The Labute approximate surface area is 161 Å². The van der Waals surface area contributed by atoms with Gasteiger partial charge >= 0.3 is 0 Å². The van der Waals surface area contributed by atoms with Gasteiger partial charge in [0.2, 0.25) is 0 Å². The molecule has 0 unspecified atom stereocenters. The van der Waals surface area contributed by atoms with Gasteiger partial charge in [-0.15, -0.1) is 0 Å². The molecule has 5 heteroatoms. The normalized spacial score (nSPS) is 17.3. The molecule has 3 rings (SSSR count). The standard InChI is InChI=1S/C22H26N4O/c1-25(16-18-10-5-3-6-11-18)23-20-14-9-15-21(27)22(20)24-26(2)17-19-12-7-4-8-13-19/h3-8,10-13H,9,14-17H2,1-2H3/b23-20-,24-22-. The van der Waals surface area contributed by atoms with Crippen molar-refractivity contribution in [1.82, 2.24) is 10.0 Å². The number of ketones is 1. The molecule has 1 aliphatic carbocycles. The van der Waals surface area contributed by atoms with Crippen LogP contribution >= 0.6 is 0 Å². The van der Waals surface area contributed by atoms with Gasteiger partial charge in [-0.1, -0.05) is 60.7 Å². The zero-order chi connectivity index (χ0) is 19.1. The second-order valence-electron chi connectivity index (χ2n) is 6.87. The Bertz CT molecular complexity index is 815. The molecule has 0 aliphatic heterocycles. The third-order valence-corrected chi connectivity index (χ3v) is 4.43. The van der Waals surface area contributed by atoms with E-state index in [0.717, 1.165) is 24.1 Å². The van der Waals surface area contributed by atoms with E-state index in [1.165, 1.54) is 5.56 Å². The van der Waals surface area contributed by atoms with Crippen LogP contribution in [0.2, 0.25) is 0 Å². The average Bonchev–Trinajstić information content (AvgIpc) is 2.66. The quantitative estimate of drug-likeness (QED) is 0.736. The smallest absolute Gasteiger partial charge is 0.184 e. The van der Waals surface area contributed by atoms with Gasteiger partial charge in [0.1, 0.15) is 5.71 Å². The van der Waals surface area contributed by atoms with E-state index in [9.17, 15) is 4.79 Å². The molecule has 0 radical (unpaired) electrons. The Kier molecular flexibility index (Phi) is 6.36. The first-order valence-electron chi connectivity index (χ1n) is 9.31. The van der Waals surface area contributed by atoms with Gasteiger partial charge in [0.25, 0.3) is 0 Å². The van der Waals surface area contributed by atoms with Crippen molar-refractivity contribution >= 4 is 17.2 Å². The molecule has 0 N–H and O–H groups in total. The van der Waals surface area contributed by atoms with Gasteiger partial charge in [-0.3, -0.25) is 14.8 Å². The Hall–Kier alpha value is -2.95. The van der Waals surface area contributed by atoms with E-state index in [1.54, 1.807) is 0 Å². The van der Waals surface area contributed by atoms with E-state index in [0.29, 0.717) is 25.2 Å². The monoisotopic (exact) mass is 362 g/mol. The van der Waals surface area contributed by atoms with Crippen LogP contribution in [0.3, 0.4) is 0 Å². The van der Waals surface area contributed by atoms with Gasteiger partial charge in [0.15, 0.2) is 5.78 Å². The van der Waals surface area contributed by atoms with Crippen LogP contribution in [0, 0.1) is 0 Å². The minimum atomic E-state index is 0.0769. The van der Waals surface area contributed by atoms with Crippen LogP contribution < -0.4 is 0 Å². The molecule has 1 aliphatic rings. The molecular formula is C22H26N4O. The molecule has 27 heavy (non-hydrogen) atoms. The number of hydrazone groups is 2. The van der Waals surface area contributed by atoms with Gasteiger partial charge in [-0.25, -0.2) is 0 Å². The van der Waals surface area contributed by atoms with Crippen molar-refractivity contribution in [3.8, 4) is 0 Å². The zero-order valence-electron chi connectivity index (χ0n) is 16.0. The van der Waals surface area contributed by atoms with E-state index >= 15 is 0 Å². The van der Waals surface area contributed by atoms with Crippen LogP contribution in [-0.2, 0) is 17.9 Å². The molecule has 2 aromatic carbocycles. The summed E-state index contributed by atoms with van der Waals surface area (Å²) >= 11 is 0. The third kappa shape index (κ3) is 5.51. The summed E-state index contributed by atoms with van der Waals surface area (Å²) < 4.78 is 0. The first kappa shape index (κ1) is 18.8. The Morgan fingerprint density at radius 3 is 1.85 bits per heavy atom. The van der Waals surface area contributed by atoms with E-state index in [1.807, 2.05) is 60.5 Å². The minimum Gasteiger partial charge on any atom is -0.295 e. The second kappa shape index (κ2) is 9.12. The van der Waals surface area contributed by atoms with E-state index in [-0.39, 0.29) is 5.78 Å². The highest BCUT2D eigenvalue weighted by molar-refractivity contribution is 6.68. The summed E-state index contributed by atoms with van der Waals surface area (Å²) in [7, 11) is 3.83. The summed E-state index contributed by atoms with van der Waals surface area (Å²) in [5, 5.41) is 13.0. The van der Waals surface area contributed by atoms with Crippen LogP contribution in [0.5, 0.6) is 0 Å². The van der Waals surface area contributed by atoms with Crippen molar-refractivity contribution in [3.63, 3.8) is 0 Å². The zero-order valence-corrected chi connectivity index (χ0v) is 16.0. The summed E-state index contributed by atoms with van der Waals surface area (Å²) in [6.45, 7) is 1.36. The lowest BCUT2D eigenvalue weighted by atomic mass is 9.95. The third-order valence-electron chi connectivity index (χ3n) is 4.43. The van der Waals surface area contributed by atoms with E-state index in [4.69, 9.17) is 5.10 Å². The maximum Gasteiger partial charge on any atom is 0.184 e. The number of hydrogen-bond donors (Lipinski definition) is 0. The number of benzene rings is 2. The minimum absolute atomic E-state index is 0.0769. The largest absolute Gasteiger partial charge is 0.295 e. The van der Waals surface area contributed by atoms with E-state index in [2.05, 4.69) is 29.4 Å². The lowest BCUT2D eigenvalue weighted by Gasteiger charge is -2.21. The first-order chi connectivity index (χ1) is 13.1. The lowest BCUT2D eigenvalue weighted by molar-refractivity contribution is -0.113. The van der Waals surface area contributed by atoms with Crippen molar-refractivity contribution in [1.29, 1.82) is 0 Å². The number of nitrogens with zero attached hydrogens (tertiary/aromatic N) is 4. The second-order valence-corrected chi connectivity index (χ2v) is 6.87. The number of hydrogen-bond acceptors (Lipinski definition) is 5. The maximum atomic E-state index is 12.5. The molecule has 0 spiro atoms. The van der Waals surface area contributed by atoms with Crippen molar-refractivity contribution in [3.05, 3.63) is 71.8 Å². The van der Waals surface area contributed by atoms with Crippen LogP contribution in [0.1, 0.15) is 30.4 Å². The number of Topliss-reactive ketones (excluding diaryl/α,β-unsaturated/α-hetero) is 1. The molecule has 0 aromatic heterocycles. The lowest BCUT2D eigenvalue weighted by Crippen LogP contribution is -2.33. The number of rotatable bonds is 6. The average molecular weight is 362 g/mol. The summed E-state index contributed by atoms with van der Waals surface area (Å²) in [6.07, 6.45) is 2.15. The maximum absolute atomic E-state index is 12.5. The highest BCUT2D eigenvalue weighted by Gasteiger charge is 2.25. The Balaban J connectivity index is 1.74. The number of carbonyl (C=O) groups is 1. The molecule has 0 heterocycles. The van der Waals surface area contributed by atoms with Crippen LogP contribution in [-0.4, -0.2) is 41.3 Å². The number of carbonyl (C=O) groups excluding carboxylic acids is 1. The summed E-state index contributed by atoms with van der Waals surface area (Å²) in [5.74, 6) is 0.0769. The van der Waals surface area contributed by atoms with Crippen molar-refractivity contribution in [2.24, 2.45) is 10.2 Å². The SMILES string of the molecule is CN(Cc1ccccc1)/N=C1/CCCC(=O)/C1=N\N(C)Cc1ccccc1. The van der Waals surface area contributed by atoms with Gasteiger partial charge in [-0.2, -0.15) is 10.2 Å². The predicted molar refractivity (Wildman–Crippen MR) is 110 cm³/mol. The summed E-state index contributed by atoms with van der Waals surface area (Å²) in [4.78, 5) is 12.5. The van der Waals surface area contributed by atoms with Gasteiger partial charge < -0.3 is 0 Å². The van der Waals surface area contributed by atoms with Crippen molar-refractivity contribution in [2.75, 3.05) is 14.1 Å². The molecular weight excluding hydrogens is 336 g/mol. The molecule has 0 amide bonds. The van der Waals surface area contributed by atoms with Gasteiger partial charge in [0, 0.05) is 20.5 Å². The molecule has 140 valence electrons. The highest BCUT2D eigenvalue weighted by Crippen LogP contribution is 2.14. The van der Waals surface area contributed by atoms with Crippen molar-refractivity contribution in [2.45, 2.75) is 32.4 Å². The fourth-order valence-electron chi connectivity index (χ4n) is 3.17. The summed E-state index contributed by atoms with van der Waals surface area (Å²) in [5.41, 5.74) is 3.63. The topological polar surface area (TPSA) is 48.3 Å². The first-order valence-corrected chi connectivity index (χ1v) is 9.31. The molecule has 1 saturated carbocycles. The van der Waals surface area contributed by atoms with Crippen LogP contribution in [0.4, 0.5) is 0 Å². The van der Waals surface area contributed by atoms with Crippen LogP contribution in [0.15, 0.2) is 70.9 Å².